The lowest BCUT2D eigenvalue weighted by atomic mass is 10.1. The second-order valence-corrected chi connectivity index (χ2v) is 6.50. The largest absolute Gasteiger partial charge is 0.372 e. The Kier molecular flexibility index (Phi) is 7.00. The van der Waals surface area contributed by atoms with Crippen LogP contribution in [0.2, 0.25) is 0 Å². The molecule has 0 aromatic heterocycles. The Bertz CT molecular complexity index is 382. The van der Waals surface area contributed by atoms with Crippen LogP contribution < -0.4 is 4.90 Å². The van der Waals surface area contributed by atoms with Gasteiger partial charge in [-0.05, 0) is 43.4 Å². The summed E-state index contributed by atoms with van der Waals surface area (Å²) in [7, 11) is 0. The van der Waals surface area contributed by atoms with Crippen LogP contribution in [0.25, 0.3) is 0 Å². The van der Waals surface area contributed by atoms with Gasteiger partial charge in [0.15, 0.2) is 5.78 Å². The van der Waals surface area contributed by atoms with E-state index in [0.29, 0.717) is 11.7 Å². The zero-order valence-corrected chi connectivity index (χ0v) is 13.3. The van der Waals surface area contributed by atoms with Gasteiger partial charge >= 0.3 is 0 Å². The van der Waals surface area contributed by atoms with Crippen LogP contribution in [0.3, 0.4) is 0 Å². The summed E-state index contributed by atoms with van der Waals surface area (Å²) in [6.07, 6.45) is 0.632. The average molecular weight is 279 g/mol. The lowest BCUT2D eigenvalue weighted by Crippen LogP contribution is -2.21. The molecule has 0 aliphatic rings. The van der Waals surface area contributed by atoms with Crippen molar-refractivity contribution in [2.24, 2.45) is 0 Å². The van der Waals surface area contributed by atoms with Crippen LogP contribution in [0.15, 0.2) is 24.3 Å². The molecule has 0 saturated carbocycles. The van der Waals surface area contributed by atoms with Crippen molar-refractivity contribution in [3.8, 4) is 0 Å². The van der Waals surface area contributed by atoms with Crippen molar-refractivity contribution in [2.45, 2.75) is 39.4 Å². The Labute approximate surface area is 121 Å². The van der Waals surface area contributed by atoms with Gasteiger partial charge in [-0.15, -0.1) is 0 Å². The van der Waals surface area contributed by atoms with E-state index in [1.807, 2.05) is 23.9 Å². The number of ketones is 1. The number of hydrogen-bond acceptors (Lipinski definition) is 3. The van der Waals surface area contributed by atoms with Gasteiger partial charge in [-0.3, -0.25) is 4.79 Å². The van der Waals surface area contributed by atoms with Gasteiger partial charge in [0.25, 0.3) is 0 Å². The molecule has 0 N–H and O–H groups in total. The standard InChI is InChI=1S/C16H25NOS/c1-5-17(6-2)15-9-7-14(8-10-15)16(18)11-12-19-13(3)4/h7-10,13H,5-6,11-12H2,1-4H3. The molecule has 19 heavy (non-hydrogen) atoms. The minimum absolute atomic E-state index is 0.249. The second kappa shape index (κ2) is 8.26. The highest BCUT2D eigenvalue weighted by Gasteiger charge is 2.07. The van der Waals surface area contributed by atoms with Crippen LogP contribution in [-0.2, 0) is 0 Å². The van der Waals surface area contributed by atoms with E-state index in [9.17, 15) is 4.79 Å². The first kappa shape index (κ1) is 16.1. The summed E-state index contributed by atoms with van der Waals surface area (Å²) in [4.78, 5) is 14.3. The maximum Gasteiger partial charge on any atom is 0.163 e. The third kappa shape index (κ3) is 5.27. The molecule has 106 valence electrons. The molecule has 0 saturated heterocycles. The van der Waals surface area contributed by atoms with E-state index in [-0.39, 0.29) is 5.78 Å². The molecule has 1 aromatic carbocycles. The number of carbonyl (C=O) groups is 1. The fourth-order valence-electron chi connectivity index (χ4n) is 1.98. The van der Waals surface area contributed by atoms with Crippen molar-refractivity contribution >= 4 is 23.2 Å². The van der Waals surface area contributed by atoms with E-state index < -0.39 is 0 Å². The van der Waals surface area contributed by atoms with Crippen LogP contribution in [-0.4, -0.2) is 29.9 Å². The van der Waals surface area contributed by atoms with E-state index in [1.54, 1.807) is 0 Å². The van der Waals surface area contributed by atoms with Gasteiger partial charge in [-0.25, -0.2) is 0 Å². The molecule has 0 aliphatic carbocycles. The molecule has 0 unspecified atom stereocenters. The summed E-state index contributed by atoms with van der Waals surface area (Å²) in [5, 5.41) is 0.595. The normalized spacial score (nSPS) is 10.8. The molecule has 0 radical (unpaired) electrons. The topological polar surface area (TPSA) is 20.3 Å². The van der Waals surface area contributed by atoms with Gasteiger partial charge in [0, 0.05) is 36.5 Å². The number of hydrogen-bond donors (Lipinski definition) is 0. The first-order valence-electron chi connectivity index (χ1n) is 7.08. The number of carbonyl (C=O) groups excluding carboxylic acids is 1. The first-order chi connectivity index (χ1) is 9.08. The van der Waals surface area contributed by atoms with Crippen molar-refractivity contribution in [3.05, 3.63) is 29.8 Å². The molecular formula is C16H25NOS. The third-order valence-electron chi connectivity index (χ3n) is 3.10. The highest BCUT2D eigenvalue weighted by atomic mass is 32.2. The summed E-state index contributed by atoms with van der Waals surface area (Å²) in [5.74, 6) is 1.16. The highest BCUT2D eigenvalue weighted by Crippen LogP contribution is 2.17. The Morgan fingerprint density at radius 3 is 2.21 bits per heavy atom. The minimum atomic E-state index is 0.249. The number of Topliss-reactive ketones (excluding diaryl/α,β-unsaturated/α-hetero) is 1. The van der Waals surface area contributed by atoms with Crippen molar-refractivity contribution in [3.63, 3.8) is 0 Å². The predicted octanol–water partition coefficient (Wildman–Crippen LogP) is 4.25. The van der Waals surface area contributed by atoms with Gasteiger partial charge in [-0.1, -0.05) is 13.8 Å². The van der Waals surface area contributed by atoms with E-state index in [1.165, 1.54) is 5.69 Å². The number of thioether (sulfide) groups is 1. The van der Waals surface area contributed by atoms with Crippen LogP contribution in [0.5, 0.6) is 0 Å². The third-order valence-corrected chi connectivity index (χ3v) is 4.20. The molecule has 0 amide bonds. The SMILES string of the molecule is CCN(CC)c1ccc(C(=O)CCSC(C)C)cc1. The maximum atomic E-state index is 12.0. The predicted molar refractivity (Wildman–Crippen MR) is 86.5 cm³/mol. The van der Waals surface area contributed by atoms with Crippen LogP contribution in [0.1, 0.15) is 44.5 Å². The van der Waals surface area contributed by atoms with E-state index in [0.717, 1.165) is 24.4 Å². The van der Waals surface area contributed by atoms with Crippen molar-refractivity contribution in [1.82, 2.24) is 0 Å². The van der Waals surface area contributed by atoms with Crippen molar-refractivity contribution in [1.29, 1.82) is 0 Å². The van der Waals surface area contributed by atoms with Gasteiger partial charge in [-0.2, -0.15) is 11.8 Å². The number of rotatable bonds is 8. The molecule has 0 heterocycles. The van der Waals surface area contributed by atoms with Gasteiger partial charge in [0.05, 0.1) is 0 Å². The zero-order valence-electron chi connectivity index (χ0n) is 12.5. The van der Waals surface area contributed by atoms with E-state index >= 15 is 0 Å². The molecule has 0 aliphatic heterocycles. The summed E-state index contributed by atoms with van der Waals surface area (Å²) < 4.78 is 0. The van der Waals surface area contributed by atoms with E-state index in [2.05, 4.69) is 44.7 Å². The molecule has 2 nitrogen and oxygen atoms in total. The number of nitrogens with zero attached hydrogens (tertiary/aromatic N) is 1. The lowest BCUT2D eigenvalue weighted by molar-refractivity contribution is 0.0989. The average Bonchev–Trinajstić information content (AvgIpc) is 2.40. The molecule has 3 heteroatoms. The van der Waals surface area contributed by atoms with Gasteiger partial charge in [0.2, 0.25) is 0 Å². The molecule has 0 fully saturated rings. The highest BCUT2D eigenvalue weighted by molar-refractivity contribution is 7.99. The van der Waals surface area contributed by atoms with Gasteiger partial charge < -0.3 is 4.90 Å². The summed E-state index contributed by atoms with van der Waals surface area (Å²) >= 11 is 1.84. The van der Waals surface area contributed by atoms with Crippen LogP contribution in [0.4, 0.5) is 5.69 Å². The maximum absolute atomic E-state index is 12.0. The monoisotopic (exact) mass is 279 g/mol. The summed E-state index contributed by atoms with van der Waals surface area (Å²) in [6.45, 7) is 10.6. The quantitative estimate of drug-likeness (QED) is 0.664. The molecular weight excluding hydrogens is 254 g/mol. The van der Waals surface area contributed by atoms with Crippen molar-refractivity contribution < 1.29 is 4.79 Å². The molecule has 1 rings (SSSR count). The molecule has 0 atom stereocenters. The fourth-order valence-corrected chi connectivity index (χ4v) is 2.75. The zero-order chi connectivity index (χ0) is 14.3. The number of benzene rings is 1. The Morgan fingerprint density at radius 1 is 1.16 bits per heavy atom. The summed E-state index contributed by atoms with van der Waals surface area (Å²) in [6, 6.07) is 8.01. The van der Waals surface area contributed by atoms with Crippen LogP contribution >= 0.6 is 11.8 Å². The molecule has 0 spiro atoms. The van der Waals surface area contributed by atoms with Gasteiger partial charge in [0.1, 0.15) is 0 Å². The van der Waals surface area contributed by atoms with Crippen LogP contribution in [0, 0.1) is 0 Å². The Balaban J connectivity index is 2.58. The smallest absolute Gasteiger partial charge is 0.163 e. The molecule has 1 aromatic rings. The number of anilines is 1. The minimum Gasteiger partial charge on any atom is -0.372 e. The summed E-state index contributed by atoms with van der Waals surface area (Å²) in [5.41, 5.74) is 2.03. The van der Waals surface area contributed by atoms with Crippen molar-refractivity contribution in [2.75, 3.05) is 23.7 Å². The molecule has 0 bridgehead atoms. The first-order valence-corrected chi connectivity index (χ1v) is 8.13. The fraction of sp³-hybridized carbons (Fsp3) is 0.562. The Morgan fingerprint density at radius 2 is 1.74 bits per heavy atom. The second-order valence-electron chi connectivity index (χ2n) is 4.81. The Hall–Kier alpha value is -0.960. The van der Waals surface area contributed by atoms with E-state index in [4.69, 9.17) is 0 Å². The lowest BCUT2D eigenvalue weighted by Gasteiger charge is -2.21.